The first-order valence-corrected chi connectivity index (χ1v) is 10.3. The number of methoxy groups -OCH3 is 1. The number of nitrogens with zero attached hydrogens (tertiary/aromatic N) is 4. The number of aliphatic imine (C=N–C) groups is 1. The lowest BCUT2D eigenvalue weighted by Crippen LogP contribution is -2.57. The van der Waals surface area contributed by atoms with Crippen molar-refractivity contribution in [2.24, 2.45) is 4.99 Å². The van der Waals surface area contributed by atoms with Crippen molar-refractivity contribution in [1.82, 2.24) is 20.4 Å². The molecule has 0 bridgehead atoms. The second-order valence-electron chi connectivity index (χ2n) is 7.98. The number of guanidine groups is 1. The Hall–Kier alpha value is -1.26. The molecule has 0 aliphatic carbocycles. The van der Waals surface area contributed by atoms with Crippen molar-refractivity contribution in [2.45, 2.75) is 24.9 Å². The first-order chi connectivity index (χ1) is 13.6. The summed E-state index contributed by atoms with van der Waals surface area (Å²) in [6, 6.07) is 9.23. The topological polar surface area (TPSA) is 55.4 Å². The Balaban J connectivity index is 0.00000300. The van der Waals surface area contributed by atoms with Crippen LogP contribution in [-0.4, -0.2) is 95.4 Å². The van der Waals surface area contributed by atoms with Crippen molar-refractivity contribution in [2.75, 3.05) is 72.4 Å². The second-order valence-corrected chi connectivity index (χ2v) is 7.98. The third kappa shape index (κ3) is 6.89. The summed E-state index contributed by atoms with van der Waals surface area (Å²) in [4.78, 5) is 11.7. The van der Waals surface area contributed by atoms with E-state index in [4.69, 9.17) is 4.74 Å². The Morgan fingerprint density at radius 3 is 2.79 bits per heavy atom. The number of nitrogens with one attached hydrogen (secondary N) is 2. The van der Waals surface area contributed by atoms with Crippen LogP contribution in [0.4, 0.5) is 5.69 Å². The van der Waals surface area contributed by atoms with E-state index in [0.717, 1.165) is 57.4 Å². The third-order valence-corrected chi connectivity index (χ3v) is 5.89. The molecule has 0 spiro atoms. The average Bonchev–Trinajstić information content (AvgIpc) is 2.73. The fourth-order valence-electron chi connectivity index (χ4n) is 4.06. The minimum absolute atomic E-state index is 0. The number of hydrogen-bond acceptors (Lipinski definition) is 5. The van der Waals surface area contributed by atoms with Gasteiger partial charge in [0.05, 0.1) is 7.11 Å². The van der Waals surface area contributed by atoms with E-state index < -0.39 is 0 Å². The molecule has 2 aliphatic heterocycles. The largest absolute Gasteiger partial charge is 0.497 e. The lowest BCUT2D eigenvalue weighted by Gasteiger charge is -2.38. The zero-order valence-electron chi connectivity index (χ0n) is 18.2. The van der Waals surface area contributed by atoms with Crippen LogP contribution in [0.2, 0.25) is 0 Å². The van der Waals surface area contributed by atoms with Crippen LogP contribution in [0.25, 0.3) is 0 Å². The molecule has 8 heteroatoms. The summed E-state index contributed by atoms with van der Waals surface area (Å²) in [5.74, 6) is 1.81. The maximum atomic E-state index is 5.38. The van der Waals surface area contributed by atoms with Gasteiger partial charge in [-0.25, -0.2) is 0 Å². The maximum Gasteiger partial charge on any atom is 0.191 e. The number of hydrogen-bond donors (Lipinski definition) is 2. The molecule has 2 aliphatic rings. The highest BCUT2D eigenvalue weighted by Gasteiger charge is 2.24. The van der Waals surface area contributed by atoms with Crippen molar-refractivity contribution in [1.29, 1.82) is 0 Å². The zero-order valence-corrected chi connectivity index (χ0v) is 20.6. The summed E-state index contributed by atoms with van der Waals surface area (Å²) in [5.41, 5.74) is 1.22. The molecule has 29 heavy (non-hydrogen) atoms. The molecule has 2 fully saturated rings. The second kappa shape index (κ2) is 11.8. The average molecular weight is 516 g/mol. The van der Waals surface area contributed by atoms with E-state index in [1.54, 1.807) is 7.11 Å². The first kappa shape index (κ1) is 24.0. The molecule has 1 aromatic rings. The highest BCUT2D eigenvalue weighted by Crippen LogP contribution is 2.24. The van der Waals surface area contributed by atoms with E-state index in [-0.39, 0.29) is 24.0 Å². The summed E-state index contributed by atoms with van der Waals surface area (Å²) in [7, 11) is 7.98. The number of ether oxygens (including phenoxy) is 1. The van der Waals surface area contributed by atoms with Gasteiger partial charge in [-0.15, -0.1) is 24.0 Å². The van der Waals surface area contributed by atoms with E-state index in [2.05, 4.69) is 62.6 Å². The fourth-order valence-corrected chi connectivity index (χ4v) is 4.06. The van der Waals surface area contributed by atoms with Crippen molar-refractivity contribution in [3.63, 3.8) is 0 Å². The van der Waals surface area contributed by atoms with Gasteiger partial charge in [-0.3, -0.25) is 9.89 Å². The van der Waals surface area contributed by atoms with Crippen molar-refractivity contribution >= 4 is 35.6 Å². The fraction of sp³-hybridized carbons (Fsp3) is 0.667. The Bertz CT molecular complexity index is 658. The summed E-state index contributed by atoms with van der Waals surface area (Å²) < 4.78 is 5.38. The highest BCUT2D eigenvalue weighted by molar-refractivity contribution is 14.0. The third-order valence-electron chi connectivity index (χ3n) is 5.89. The number of piperidine rings is 1. The summed E-state index contributed by atoms with van der Waals surface area (Å²) in [5, 5.41) is 7.18. The van der Waals surface area contributed by atoms with Crippen LogP contribution in [0.15, 0.2) is 29.3 Å². The van der Waals surface area contributed by atoms with Crippen molar-refractivity contribution in [3.05, 3.63) is 24.3 Å². The summed E-state index contributed by atoms with van der Waals surface area (Å²) in [6.07, 6.45) is 2.33. The Morgan fingerprint density at radius 1 is 1.21 bits per heavy atom. The van der Waals surface area contributed by atoms with E-state index in [1.807, 2.05) is 13.1 Å². The summed E-state index contributed by atoms with van der Waals surface area (Å²) >= 11 is 0. The number of likely N-dealkylation sites (N-methyl/N-ethyl adjacent to an activating group) is 2. The van der Waals surface area contributed by atoms with E-state index >= 15 is 0 Å². The monoisotopic (exact) mass is 516 g/mol. The zero-order chi connectivity index (χ0) is 19.9. The molecule has 1 aromatic carbocycles. The van der Waals surface area contributed by atoms with Gasteiger partial charge in [0, 0.05) is 70.2 Å². The molecule has 0 amide bonds. The highest BCUT2D eigenvalue weighted by atomic mass is 127. The van der Waals surface area contributed by atoms with Gasteiger partial charge in [0.15, 0.2) is 5.96 Å². The van der Waals surface area contributed by atoms with Gasteiger partial charge in [0.25, 0.3) is 0 Å². The molecular formula is C21H37IN6O. The van der Waals surface area contributed by atoms with Crippen molar-refractivity contribution in [3.8, 4) is 5.75 Å². The molecule has 2 unspecified atom stereocenters. The number of benzene rings is 1. The maximum absolute atomic E-state index is 5.38. The lowest BCUT2D eigenvalue weighted by atomic mass is 10.0. The molecule has 164 valence electrons. The molecule has 2 N–H and O–H groups in total. The van der Waals surface area contributed by atoms with Crippen LogP contribution >= 0.6 is 24.0 Å². The number of anilines is 1. The normalized spacial score (nSPS) is 24.0. The number of piperazine rings is 1. The molecule has 2 saturated heterocycles. The molecule has 0 saturated carbocycles. The molecular weight excluding hydrogens is 479 g/mol. The van der Waals surface area contributed by atoms with Crippen LogP contribution in [0.3, 0.4) is 0 Å². The Morgan fingerprint density at radius 2 is 2.03 bits per heavy atom. The minimum Gasteiger partial charge on any atom is -0.497 e. The van der Waals surface area contributed by atoms with Crippen molar-refractivity contribution < 1.29 is 4.74 Å². The number of rotatable bonds is 5. The van der Waals surface area contributed by atoms with Gasteiger partial charge in [-0.2, -0.15) is 0 Å². The Labute approximate surface area is 192 Å². The van der Waals surface area contributed by atoms with Crippen LogP contribution in [0.1, 0.15) is 12.8 Å². The molecule has 0 aromatic heterocycles. The first-order valence-electron chi connectivity index (χ1n) is 10.3. The van der Waals surface area contributed by atoms with Crippen LogP contribution < -0.4 is 20.3 Å². The SMILES string of the molecule is CN=C(NCC1CN(C)CCN1C)NC1CCCN(c2cccc(OC)c2)C1.I. The molecule has 3 rings (SSSR count). The Kier molecular flexibility index (Phi) is 9.78. The van der Waals surface area contributed by atoms with Gasteiger partial charge in [-0.1, -0.05) is 6.07 Å². The predicted molar refractivity (Wildman–Crippen MR) is 132 cm³/mol. The molecule has 7 nitrogen and oxygen atoms in total. The van der Waals surface area contributed by atoms with E-state index in [0.29, 0.717) is 12.1 Å². The smallest absolute Gasteiger partial charge is 0.191 e. The van der Waals surface area contributed by atoms with Crippen LogP contribution in [-0.2, 0) is 0 Å². The minimum atomic E-state index is 0. The van der Waals surface area contributed by atoms with Crippen LogP contribution in [0.5, 0.6) is 5.75 Å². The number of halogens is 1. The molecule has 0 radical (unpaired) electrons. The van der Waals surface area contributed by atoms with Gasteiger partial charge >= 0.3 is 0 Å². The van der Waals surface area contributed by atoms with Gasteiger partial charge in [-0.05, 0) is 39.1 Å². The van der Waals surface area contributed by atoms with Crippen LogP contribution in [0, 0.1) is 0 Å². The molecule has 2 atom stereocenters. The van der Waals surface area contributed by atoms with E-state index in [9.17, 15) is 0 Å². The standard InChI is InChI=1S/C21H36N6O.HI/c1-22-21(23-14-19-16-25(2)11-12-26(19)3)24-17-7-6-10-27(15-17)18-8-5-9-20(13-18)28-4;/h5,8-9,13,17,19H,6-7,10-12,14-16H2,1-4H3,(H2,22,23,24);1H. The molecule has 2 heterocycles. The van der Waals surface area contributed by atoms with Gasteiger partial charge < -0.3 is 25.2 Å². The quantitative estimate of drug-likeness (QED) is 0.353. The predicted octanol–water partition coefficient (Wildman–Crippen LogP) is 1.69. The van der Waals surface area contributed by atoms with Gasteiger partial charge in [0.1, 0.15) is 5.75 Å². The summed E-state index contributed by atoms with van der Waals surface area (Å²) in [6.45, 7) is 6.31. The van der Waals surface area contributed by atoms with E-state index in [1.165, 1.54) is 12.1 Å². The lowest BCUT2D eigenvalue weighted by molar-refractivity contribution is 0.116. The van der Waals surface area contributed by atoms with Gasteiger partial charge in [0.2, 0.25) is 0 Å².